The predicted octanol–water partition coefficient (Wildman–Crippen LogP) is 1.36. The Hall–Kier alpha value is -1.79. The summed E-state index contributed by atoms with van der Waals surface area (Å²) < 4.78 is 4.62. The zero-order chi connectivity index (χ0) is 12.5. The number of carbonyl (C=O) groups is 1. The quantitative estimate of drug-likeness (QED) is 0.483. The van der Waals surface area contributed by atoms with Crippen LogP contribution in [-0.2, 0) is 16.0 Å². The number of nitrogens with one attached hydrogen (secondary N) is 1. The summed E-state index contributed by atoms with van der Waals surface area (Å²) in [5.41, 5.74) is 1.86. The van der Waals surface area contributed by atoms with Crippen LogP contribution in [-0.4, -0.2) is 26.7 Å². The summed E-state index contributed by atoms with van der Waals surface area (Å²) in [5, 5.41) is 3.04. The molecule has 3 nitrogen and oxygen atoms in total. The van der Waals surface area contributed by atoms with Gasteiger partial charge in [0.05, 0.1) is 13.5 Å². The fourth-order valence-electron chi connectivity index (χ4n) is 1.35. The SMILES string of the molecule is CNCCC#Cc1cccc(CC(=O)OC)c1. The fraction of sp³-hybridized carbons (Fsp3) is 0.357. The molecular weight excluding hydrogens is 214 g/mol. The van der Waals surface area contributed by atoms with E-state index in [-0.39, 0.29) is 5.97 Å². The van der Waals surface area contributed by atoms with Gasteiger partial charge in [-0.2, -0.15) is 0 Å². The lowest BCUT2D eigenvalue weighted by atomic mass is 10.1. The number of rotatable bonds is 4. The van der Waals surface area contributed by atoms with E-state index in [9.17, 15) is 4.79 Å². The molecule has 0 aliphatic carbocycles. The zero-order valence-corrected chi connectivity index (χ0v) is 10.2. The minimum Gasteiger partial charge on any atom is -0.469 e. The lowest BCUT2D eigenvalue weighted by Gasteiger charge is -2.00. The molecule has 0 atom stereocenters. The number of ether oxygens (including phenoxy) is 1. The average molecular weight is 231 g/mol. The van der Waals surface area contributed by atoms with Crippen molar-refractivity contribution in [2.24, 2.45) is 0 Å². The Morgan fingerprint density at radius 3 is 3.00 bits per heavy atom. The van der Waals surface area contributed by atoms with Crippen molar-refractivity contribution in [1.29, 1.82) is 0 Å². The van der Waals surface area contributed by atoms with E-state index in [0.717, 1.165) is 24.1 Å². The molecule has 0 saturated heterocycles. The topological polar surface area (TPSA) is 38.3 Å². The van der Waals surface area contributed by atoms with Gasteiger partial charge in [0.25, 0.3) is 0 Å². The van der Waals surface area contributed by atoms with Gasteiger partial charge in [-0.1, -0.05) is 24.0 Å². The first-order chi connectivity index (χ1) is 8.26. The highest BCUT2D eigenvalue weighted by atomic mass is 16.5. The Kier molecular flexibility index (Phi) is 5.84. The molecule has 1 rings (SSSR count). The summed E-state index contributed by atoms with van der Waals surface area (Å²) in [6, 6.07) is 7.66. The first-order valence-electron chi connectivity index (χ1n) is 5.55. The van der Waals surface area contributed by atoms with Crippen LogP contribution in [0.2, 0.25) is 0 Å². The maximum absolute atomic E-state index is 11.1. The number of hydrogen-bond acceptors (Lipinski definition) is 3. The van der Waals surface area contributed by atoms with E-state index in [0.29, 0.717) is 6.42 Å². The Balaban J connectivity index is 2.64. The molecule has 1 aromatic carbocycles. The third-order valence-electron chi connectivity index (χ3n) is 2.24. The molecule has 0 heterocycles. The Morgan fingerprint density at radius 2 is 2.29 bits per heavy atom. The van der Waals surface area contributed by atoms with E-state index in [4.69, 9.17) is 0 Å². The van der Waals surface area contributed by atoms with Crippen molar-refractivity contribution in [3.8, 4) is 11.8 Å². The van der Waals surface area contributed by atoms with Crippen LogP contribution < -0.4 is 5.32 Å². The largest absolute Gasteiger partial charge is 0.469 e. The minimum atomic E-state index is -0.231. The van der Waals surface area contributed by atoms with Gasteiger partial charge in [-0.3, -0.25) is 4.79 Å². The van der Waals surface area contributed by atoms with Crippen LogP contribution in [0.4, 0.5) is 0 Å². The molecule has 0 unspecified atom stereocenters. The normalized spacial score (nSPS) is 9.29. The van der Waals surface area contributed by atoms with Crippen LogP contribution in [0.5, 0.6) is 0 Å². The number of carbonyl (C=O) groups excluding carboxylic acids is 1. The summed E-state index contributed by atoms with van der Waals surface area (Å²) in [6.45, 7) is 0.884. The van der Waals surface area contributed by atoms with Crippen molar-refractivity contribution in [3.63, 3.8) is 0 Å². The summed E-state index contributed by atoms with van der Waals surface area (Å²) in [5.74, 6) is 5.91. The first-order valence-corrected chi connectivity index (χ1v) is 5.55. The van der Waals surface area contributed by atoms with Gasteiger partial charge in [0.15, 0.2) is 0 Å². The summed E-state index contributed by atoms with van der Waals surface area (Å²) in [6.07, 6.45) is 1.11. The van der Waals surface area contributed by atoms with Gasteiger partial charge in [0.2, 0.25) is 0 Å². The molecule has 3 heteroatoms. The first kappa shape index (κ1) is 13.3. The smallest absolute Gasteiger partial charge is 0.309 e. The molecule has 90 valence electrons. The highest BCUT2D eigenvalue weighted by Gasteiger charge is 2.02. The second-order valence-corrected chi connectivity index (χ2v) is 3.61. The second kappa shape index (κ2) is 7.48. The summed E-state index contributed by atoms with van der Waals surface area (Å²) >= 11 is 0. The second-order valence-electron chi connectivity index (χ2n) is 3.61. The number of methoxy groups -OCH3 is 1. The maximum atomic E-state index is 11.1. The third kappa shape index (κ3) is 5.19. The van der Waals surface area contributed by atoms with Crippen molar-refractivity contribution in [1.82, 2.24) is 5.32 Å². The van der Waals surface area contributed by atoms with Crippen molar-refractivity contribution in [3.05, 3.63) is 35.4 Å². The molecule has 0 aromatic heterocycles. The van der Waals surface area contributed by atoms with E-state index >= 15 is 0 Å². The number of hydrogen-bond donors (Lipinski definition) is 1. The standard InChI is InChI=1S/C14H17NO2/c1-15-9-4-3-6-12-7-5-8-13(10-12)11-14(16)17-2/h5,7-8,10,15H,4,9,11H2,1-2H3. The number of esters is 1. The van der Waals surface area contributed by atoms with Gasteiger partial charge >= 0.3 is 5.97 Å². The van der Waals surface area contributed by atoms with Gasteiger partial charge in [-0.15, -0.1) is 0 Å². The minimum absolute atomic E-state index is 0.231. The zero-order valence-electron chi connectivity index (χ0n) is 10.2. The monoisotopic (exact) mass is 231 g/mol. The molecule has 0 aliphatic rings. The molecule has 0 spiro atoms. The molecule has 17 heavy (non-hydrogen) atoms. The van der Waals surface area contributed by atoms with E-state index in [1.165, 1.54) is 7.11 Å². The van der Waals surface area contributed by atoms with Crippen molar-refractivity contribution in [2.45, 2.75) is 12.8 Å². The van der Waals surface area contributed by atoms with Gasteiger partial charge < -0.3 is 10.1 Å². The van der Waals surface area contributed by atoms with Crippen molar-refractivity contribution >= 4 is 5.97 Å². The molecule has 0 amide bonds. The lowest BCUT2D eigenvalue weighted by molar-refractivity contribution is -0.139. The van der Waals surface area contributed by atoms with Gasteiger partial charge in [0.1, 0.15) is 0 Å². The van der Waals surface area contributed by atoms with E-state index in [1.807, 2.05) is 31.3 Å². The van der Waals surface area contributed by atoms with Crippen LogP contribution in [0.25, 0.3) is 0 Å². The molecule has 0 saturated carbocycles. The average Bonchev–Trinajstić information content (AvgIpc) is 2.35. The van der Waals surface area contributed by atoms with E-state index < -0.39 is 0 Å². The van der Waals surface area contributed by atoms with Crippen molar-refractivity contribution in [2.75, 3.05) is 20.7 Å². The summed E-state index contributed by atoms with van der Waals surface area (Å²) in [7, 11) is 3.29. The fourth-order valence-corrected chi connectivity index (χ4v) is 1.35. The summed E-state index contributed by atoms with van der Waals surface area (Å²) in [4.78, 5) is 11.1. The van der Waals surface area contributed by atoms with Crippen LogP contribution in [0.15, 0.2) is 24.3 Å². The molecule has 0 bridgehead atoms. The van der Waals surface area contributed by atoms with Gasteiger partial charge in [0, 0.05) is 18.5 Å². The Labute approximate surface area is 102 Å². The van der Waals surface area contributed by atoms with Crippen molar-refractivity contribution < 1.29 is 9.53 Å². The van der Waals surface area contributed by atoms with Gasteiger partial charge in [-0.05, 0) is 24.7 Å². The third-order valence-corrected chi connectivity index (χ3v) is 2.24. The maximum Gasteiger partial charge on any atom is 0.309 e. The van der Waals surface area contributed by atoms with Gasteiger partial charge in [-0.25, -0.2) is 0 Å². The molecular formula is C14H17NO2. The van der Waals surface area contributed by atoms with Crippen LogP contribution >= 0.6 is 0 Å². The number of benzene rings is 1. The van der Waals surface area contributed by atoms with E-state index in [1.54, 1.807) is 0 Å². The Bertz CT molecular complexity index is 429. The van der Waals surface area contributed by atoms with Crippen LogP contribution in [0.1, 0.15) is 17.5 Å². The predicted molar refractivity (Wildman–Crippen MR) is 67.6 cm³/mol. The molecule has 0 fully saturated rings. The van der Waals surface area contributed by atoms with E-state index in [2.05, 4.69) is 21.9 Å². The molecule has 0 aliphatic heterocycles. The molecule has 1 N–H and O–H groups in total. The highest BCUT2D eigenvalue weighted by Crippen LogP contribution is 2.05. The molecule has 1 aromatic rings. The Morgan fingerprint density at radius 1 is 1.47 bits per heavy atom. The van der Waals surface area contributed by atoms with Crippen LogP contribution in [0, 0.1) is 11.8 Å². The molecule has 0 radical (unpaired) electrons. The lowest BCUT2D eigenvalue weighted by Crippen LogP contribution is -2.06. The highest BCUT2D eigenvalue weighted by molar-refractivity contribution is 5.72. The van der Waals surface area contributed by atoms with Crippen LogP contribution in [0.3, 0.4) is 0 Å².